The third-order valence-electron chi connectivity index (χ3n) is 1.35. The van der Waals surface area contributed by atoms with Crippen molar-refractivity contribution in [2.24, 2.45) is 5.73 Å². The monoisotopic (exact) mass is 156 g/mol. The molecule has 1 heterocycles. The van der Waals surface area contributed by atoms with Gasteiger partial charge in [-0.2, -0.15) is 0 Å². The number of nitrogens with two attached hydrogens (primary N) is 1. The van der Waals surface area contributed by atoms with Crippen molar-refractivity contribution in [2.75, 3.05) is 0 Å². The lowest BCUT2D eigenvalue weighted by atomic mass is 10.2. The summed E-state index contributed by atoms with van der Waals surface area (Å²) < 4.78 is 0. The topological polar surface area (TPSA) is 38.9 Å². The minimum Gasteiger partial charge on any atom is -0.326 e. The maximum atomic E-state index is 5.87. The minimum atomic E-state index is 0.452. The molecule has 2 nitrogen and oxygen atoms in total. The number of halogens is 1. The van der Waals surface area contributed by atoms with Gasteiger partial charge in [0.2, 0.25) is 0 Å². The van der Waals surface area contributed by atoms with Crippen LogP contribution >= 0.6 is 11.6 Å². The van der Waals surface area contributed by atoms with Gasteiger partial charge < -0.3 is 5.73 Å². The molecule has 3 heteroatoms. The largest absolute Gasteiger partial charge is 0.326 e. The van der Waals surface area contributed by atoms with E-state index in [0.717, 1.165) is 16.1 Å². The SMILES string of the molecule is Cc1cncc(CN)c1Cl. The maximum absolute atomic E-state index is 5.87. The van der Waals surface area contributed by atoms with Gasteiger partial charge >= 0.3 is 0 Å². The molecule has 0 fully saturated rings. The summed E-state index contributed by atoms with van der Waals surface area (Å²) >= 11 is 5.87. The van der Waals surface area contributed by atoms with Crippen molar-refractivity contribution in [1.82, 2.24) is 4.98 Å². The van der Waals surface area contributed by atoms with Crippen LogP contribution in [0.2, 0.25) is 5.02 Å². The second-order valence-electron chi connectivity index (χ2n) is 2.13. The Morgan fingerprint density at radius 2 is 2.30 bits per heavy atom. The fraction of sp³-hybridized carbons (Fsp3) is 0.286. The molecule has 0 spiro atoms. The smallest absolute Gasteiger partial charge is 0.0510 e. The van der Waals surface area contributed by atoms with Crippen LogP contribution in [-0.4, -0.2) is 4.98 Å². The van der Waals surface area contributed by atoms with Crippen LogP contribution in [0.4, 0.5) is 0 Å². The summed E-state index contributed by atoms with van der Waals surface area (Å²) in [6.07, 6.45) is 3.41. The Balaban J connectivity index is 3.14. The molecule has 0 amide bonds. The molecular formula is C7H9ClN2. The number of aryl methyl sites for hydroxylation is 1. The van der Waals surface area contributed by atoms with Crippen molar-refractivity contribution in [1.29, 1.82) is 0 Å². The molecule has 54 valence electrons. The van der Waals surface area contributed by atoms with Crippen molar-refractivity contribution in [3.63, 3.8) is 0 Å². The summed E-state index contributed by atoms with van der Waals surface area (Å²) in [5.74, 6) is 0. The van der Waals surface area contributed by atoms with Gasteiger partial charge in [-0.25, -0.2) is 0 Å². The summed E-state index contributed by atoms with van der Waals surface area (Å²) in [7, 11) is 0. The first kappa shape index (κ1) is 7.51. The number of hydrogen-bond donors (Lipinski definition) is 1. The van der Waals surface area contributed by atoms with Gasteiger partial charge in [0.25, 0.3) is 0 Å². The van der Waals surface area contributed by atoms with E-state index in [0.29, 0.717) is 6.54 Å². The van der Waals surface area contributed by atoms with Crippen LogP contribution in [0.3, 0.4) is 0 Å². The molecule has 1 aromatic heterocycles. The van der Waals surface area contributed by atoms with E-state index in [1.54, 1.807) is 12.4 Å². The summed E-state index contributed by atoms with van der Waals surface area (Å²) in [6.45, 7) is 2.36. The van der Waals surface area contributed by atoms with Crippen LogP contribution in [0.5, 0.6) is 0 Å². The van der Waals surface area contributed by atoms with Crippen LogP contribution < -0.4 is 5.73 Å². The Morgan fingerprint density at radius 1 is 1.60 bits per heavy atom. The Bertz CT molecular complexity index is 235. The van der Waals surface area contributed by atoms with Crippen molar-refractivity contribution in [2.45, 2.75) is 13.5 Å². The van der Waals surface area contributed by atoms with Crippen LogP contribution in [0.1, 0.15) is 11.1 Å². The third-order valence-corrected chi connectivity index (χ3v) is 1.89. The molecule has 2 N–H and O–H groups in total. The number of hydrogen-bond acceptors (Lipinski definition) is 2. The lowest BCUT2D eigenvalue weighted by molar-refractivity contribution is 1.04. The van der Waals surface area contributed by atoms with E-state index in [1.807, 2.05) is 6.92 Å². The van der Waals surface area contributed by atoms with Crippen molar-refractivity contribution < 1.29 is 0 Å². The standard InChI is InChI=1S/C7H9ClN2/c1-5-3-10-4-6(2-9)7(5)8/h3-4H,2,9H2,1H3. The molecule has 10 heavy (non-hydrogen) atoms. The molecule has 0 saturated heterocycles. The van der Waals surface area contributed by atoms with E-state index in [2.05, 4.69) is 4.98 Å². The number of nitrogens with zero attached hydrogens (tertiary/aromatic N) is 1. The zero-order valence-electron chi connectivity index (χ0n) is 5.76. The molecule has 0 aliphatic carbocycles. The van der Waals surface area contributed by atoms with Gasteiger partial charge in [-0.05, 0) is 12.5 Å². The van der Waals surface area contributed by atoms with Gasteiger partial charge in [0, 0.05) is 24.5 Å². The first-order chi connectivity index (χ1) is 4.75. The molecular weight excluding hydrogens is 148 g/mol. The normalized spacial score (nSPS) is 9.90. The highest BCUT2D eigenvalue weighted by molar-refractivity contribution is 6.32. The molecule has 0 bridgehead atoms. The molecule has 0 saturated carbocycles. The van der Waals surface area contributed by atoms with E-state index in [1.165, 1.54) is 0 Å². The average Bonchev–Trinajstić information content (AvgIpc) is 1.95. The van der Waals surface area contributed by atoms with Gasteiger partial charge in [-0.1, -0.05) is 11.6 Å². The van der Waals surface area contributed by atoms with Gasteiger partial charge in [0.15, 0.2) is 0 Å². The fourth-order valence-electron chi connectivity index (χ4n) is 0.748. The van der Waals surface area contributed by atoms with Gasteiger partial charge in [0.05, 0.1) is 5.02 Å². The quantitative estimate of drug-likeness (QED) is 0.670. The van der Waals surface area contributed by atoms with Gasteiger partial charge in [-0.15, -0.1) is 0 Å². The molecule has 0 aliphatic rings. The van der Waals surface area contributed by atoms with Gasteiger partial charge in [-0.3, -0.25) is 4.98 Å². The second-order valence-corrected chi connectivity index (χ2v) is 2.51. The zero-order chi connectivity index (χ0) is 7.56. The van der Waals surface area contributed by atoms with E-state index in [4.69, 9.17) is 17.3 Å². The van der Waals surface area contributed by atoms with Crippen LogP contribution in [0.15, 0.2) is 12.4 Å². The van der Waals surface area contributed by atoms with E-state index >= 15 is 0 Å². The van der Waals surface area contributed by atoms with Crippen molar-refractivity contribution >= 4 is 11.6 Å². The van der Waals surface area contributed by atoms with Crippen molar-refractivity contribution in [3.8, 4) is 0 Å². The fourth-order valence-corrected chi connectivity index (χ4v) is 0.923. The van der Waals surface area contributed by atoms with E-state index in [9.17, 15) is 0 Å². The molecule has 1 aromatic rings. The van der Waals surface area contributed by atoms with Crippen LogP contribution in [0.25, 0.3) is 0 Å². The number of rotatable bonds is 1. The van der Waals surface area contributed by atoms with Crippen LogP contribution in [0, 0.1) is 6.92 Å². The lowest BCUT2D eigenvalue weighted by Crippen LogP contribution is -1.98. The molecule has 0 aliphatic heterocycles. The van der Waals surface area contributed by atoms with E-state index < -0.39 is 0 Å². The predicted molar refractivity (Wildman–Crippen MR) is 41.9 cm³/mol. The Hall–Kier alpha value is -0.600. The number of pyridine rings is 1. The lowest BCUT2D eigenvalue weighted by Gasteiger charge is -2.01. The summed E-state index contributed by atoms with van der Waals surface area (Å²) in [6, 6.07) is 0. The van der Waals surface area contributed by atoms with Crippen LogP contribution in [-0.2, 0) is 6.54 Å². The highest BCUT2D eigenvalue weighted by Gasteiger charge is 1.99. The predicted octanol–water partition coefficient (Wildman–Crippen LogP) is 1.50. The minimum absolute atomic E-state index is 0.452. The highest BCUT2D eigenvalue weighted by atomic mass is 35.5. The molecule has 0 radical (unpaired) electrons. The molecule has 1 rings (SSSR count). The highest BCUT2D eigenvalue weighted by Crippen LogP contribution is 2.17. The molecule has 0 unspecified atom stereocenters. The Morgan fingerprint density at radius 3 is 2.80 bits per heavy atom. The van der Waals surface area contributed by atoms with E-state index in [-0.39, 0.29) is 0 Å². The number of aromatic nitrogens is 1. The first-order valence-electron chi connectivity index (χ1n) is 3.04. The summed E-state index contributed by atoms with van der Waals surface area (Å²) in [5, 5.41) is 0.734. The summed E-state index contributed by atoms with van der Waals surface area (Å²) in [4.78, 5) is 3.95. The third kappa shape index (κ3) is 1.28. The Labute approximate surface area is 65.0 Å². The molecule has 0 aromatic carbocycles. The second kappa shape index (κ2) is 2.99. The first-order valence-corrected chi connectivity index (χ1v) is 3.42. The summed E-state index contributed by atoms with van der Waals surface area (Å²) in [5.41, 5.74) is 7.28. The zero-order valence-corrected chi connectivity index (χ0v) is 6.52. The molecule has 0 atom stereocenters. The van der Waals surface area contributed by atoms with Gasteiger partial charge in [0.1, 0.15) is 0 Å². The maximum Gasteiger partial charge on any atom is 0.0510 e. The Kier molecular flexibility index (Phi) is 2.25. The average molecular weight is 157 g/mol. The van der Waals surface area contributed by atoms with Crippen molar-refractivity contribution in [3.05, 3.63) is 28.5 Å².